The third-order valence-corrected chi connectivity index (χ3v) is 3.07. The number of rotatable bonds is 5. The third kappa shape index (κ3) is 4.72. The van der Waals surface area contributed by atoms with E-state index in [1.54, 1.807) is 4.90 Å². The van der Waals surface area contributed by atoms with E-state index in [4.69, 9.17) is 5.26 Å². The average molecular weight is 239 g/mol. The molecule has 0 aliphatic carbocycles. The van der Waals surface area contributed by atoms with Crippen molar-refractivity contribution in [3.8, 4) is 6.07 Å². The number of piperidine rings is 1. The second-order valence-electron chi connectivity index (χ2n) is 4.41. The van der Waals surface area contributed by atoms with Crippen LogP contribution in [0.1, 0.15) is 26.2 Å². The first-order valence-corrected chi connectivity index (χ1v) is 6.22. The smallest absolute Gasteiger partial charge is 0.236 e. The molecule has 1 saturated heterocycles. The Labute approximate surface area is 103 Å². The molecule has 0 saturated carbocycles. The topological polar surface area (TPSA) is 67.6 Å². The summed E-state index contributed by atoms with van der Waals surface area (Å²) in [4.78, 5) is 15.6. The Bertz CT molecular complexity index is 288. The van der Waals surface area contributed by atoms with Crippen LogP contribution in [-0.4, -0.2) is 59.6 Å². The first-order valence-electron chi connectivity index (χ1n) is 6.22. The summed E-state index contributed by atoms with van der Waals surface area (Å²) in [6, 6.07) is 2.05. The second-order valence-corrected chi connectivity index (χ2v) is 4.41. The van der Waals surface area contributed by atoms with Gasteiger partial charge in [0.15, 0.2) is 0 Å². The highest BCUT2D eigenvalue weighted by atomic mass is 16.3. The van der Waals surface area contributed by atoms with Crippen LogP contribution in [0.5, 0.6) is 0 Å². The number of likely N-dealkylation sites (N-methyl/N-ethyl adjacent to an activating group) is 1. The lowest BCUT2D eigenvalue weighted by atomic mass is 10.1. The van der Waals surface area contributed by atoms with Gasteiger partial charge < -0.3 is 10.0 Å². The zero-order chi connectivity index (χ0) is 12.7. The van der Waals surface area contributed by atoms with Crippen LogP contribution >= 0.6 is 0 Å². The van der Waals surface area contributed by atoms with Crippen molar-refractivity contribution in [2.24, 2.45) is 0 Å². The maximum absolute atomic E-state index is 11.9. The molecule has 0 bridgehead atoms. The highest BCUT2D eigenvalue weighted by Crippen LogP contribution is 2.09. The van der Waals surface area contributed by atoms with Gasteiger partial charge in [-0.2, -0.15) is 5.26 Å². The number of carbonyl (C=O) groups is 1. The molecule has 1 rings (SSSR count). The fourth-order valence-electron chi connectivity index (χ4n) is 2.11. The monoisotopic (exact) mass is 239 g/mol. The first-order chi connectivity index (χ1) is 8.17. The Balaban J connectivity index is 2.38. The molecule has 5 nitrogen and oxygen atoms in total. The molecular weight excluding hydrogens is 218 g/mol. The molecule has 5 heteroatoms. The maximum Gasteiger partial charge on any atom is 0.236 e. The molecule has 1 amide bonds. The predicted octanol–water partition coefficient (Wildman–Crippen LogP) is 0.205. The highest BCUT2D eigenvalue weighted by molar-refractivity contribution is 5.78. The number of aliphatic hydroxyl groups excluding tert-OH is 1. The number of carbonyl (C=O) groups excluding carboxylic acids is 1. The van der Waals surface area contributed by atoms with Gasteiger partial charge >= 0.3 is 0 Å². The van der Waals surface area contributed by atoms with Crippen molar-refractivity contribution in [2.75, 3.05) is 32.7 Å². The van der Waals surface area contributed by atoms with Gasteiger partial charge in [0.25, 0.3) is 0 Å². The molecule has 1 aliphatic heterocycles. The van der Waals surface area contributed by atoms with Crippen LogP contribution in [0.15, 0.2) is 0 Å². The van der Waals surface area contributed by atoms with E-state index >= 15 is 0 Å². The van der Waals surface area contributed by atoms with Gasteiger partial charge in [-0.25, -0.2) is 0 Å². The summed E-state index contributed by atoms with van der Waals surface area (Å²) in [6.45, 7) is 4.87. The van der Waals surface area contributed by atoms with Crippen molar-refractivity contribution in [1.29, 1.82) is 5.26 Å². The summed E-state index contributed by atoms with van der Waals surface area (Å²) < 4.78 is 0. The Hall–Kier alpha value is -1.12. The number of β-amino-alcohol motifs (C(OH)–C–C–N with tert-alkyl or cyclic N) is 1. The van der Waals surface area contributed by atoms with E-state index in [2.05, 4.69) is 6.07 Å². The number of hydrogen-bond acceptors (Lipinski definition) is 4. The molecule has 96 valence electrons. The first kappa shape index (κ1) is 13.9. The van der Waals surface area contributed by atoms with E-state index in [-0.39, 0.29) is 12.0 Å². The fraction of sp³-hybridized carbons (Fsp3) is 0.833. The third-order valence-electron chi connectivity index (χ3n) is 3.07. The summed E-state index contributed by atoms with van der Waals surface area (Å²) in [5.41, 5.74) is 0. The number of hydrogen-bond donors (Lipinski definition) is 1. The molecule has 0 aromatic heterocycles. The van der Waals surface area contributed by atoms with Gasteiger partial charge in [0.1, 0.15) is 0 Å². The Kier molecular flexibility index (Phi) is 5.95. The normalized spacial score (nSPS) is 20.9. The van der Waals surface area contributed by atoms with E-state index < -0.39 is 0 Å². The molecule has 1 unspecified atom stereocenters. The van der Waals surface area contributed by atoms with Crippen LogP contribution in [0.4, 0.5) is 0 Å². The summed E-state index contributed by atoms with van der Waals surface area (Å²) in [5.74, 6) is 0.0526. The molecule has 0 spiro atoms. The van der Waals surface area contributed by atoms with Gasteiger partial charge in [0.05, 0.1) is 25.1 Å². The van der Waals surface area contributed by atoms with Gasteiger partial charge in [-0.3, -0.25) is 9.69 Å². The highest BCUT2D eigenvalue weighted by Gasteiger charge is 2.21. The number of aliphatic hydroxyl groups is 1. The summed E-state index contributed by atoms with van der Waals surface area (Å²) in [5, 5.41) is 18.0. The van der Waals surface area contributed by atoms with Gasteiger partial charge in [0, 0.05) is 19.6 Å². The molecule has 0 aromatic rings. The van der Waals surface area contributed by atoms with E-state index in [1.165, 1.54) is 0 Å². The quantitative estimate of drug-likeness (QED) is 0.744. The Morgan fingerprint density at radius 1 is 1.65 bits per heavy atom. The van der Waals surface area contributed by atoms with Crippen LogP contribution in [0.25, 0.3) is 0 Å². The van der Waals surface area contributed by atoms with E-state index in [0.29, 0.717) is 32.6 Å². The van der Waals surface area contributed by atoms with Crippen molar-refractivity contribution in [3.05, 3.63) is 0 Å². The summed E-state index contributed by atoms with van der Waals surface area (Å²) >= 11 is 0. The lowest BCUT2D eigenvalue weighted by Crippen LogP contribution is -2.45. The van der Waals surface area contributed by atoms with Gasteiger partial charge in [-0.05, 0) is 26.3 Å². The molecule has 0 aromatic carbocycles. The van der Waals surface area contributed by atoms with Gasteiger partial charge in [-0.1, -0.05) is 0 Å². The Morgan fingerprint density at radius 2 is 2.41 bits per heavy atom. The van der Waals surface area contributed by atoms with Crippen LogP contribution in [0.3, 0.4) is 0 Å². The zero-order valence-corrected chi connectivity index (χ0v) is 10.4. The van der Waals surface area contributed by atoms with Crippen molar-refractivity contribution in [1.82, 2.24) is 9.80 Å². The van der Waals surface area contributed by atoms with Crippen LogP contribution in [-0.2, 0) is 4.79 Å². The Morgan fingerprint density at radius 3 is 3.00 bits per heavy atom. The minimum atomic E-state index is -0.300. The minimum Gasteiger partial charge on any atom is -0.392 e. The molecule has 1 aliphatic rings. The average Bonchev–Trinajstić information content (AvgIpc) is 2.30. The van der Waals surface area contributed by atoms with E-state index in [1.807, 2.05) is 11.8 Å². The predicted molar refractivity (Wildman–Crippen MR) is 64.2 cm³/mol. The molecule has 1 atom stereocenters. The maximum atomic E-state index is 11.9. The van der Waals surface area contributed by atoms with Crippen LogP contribution < -0.4 is 0 Å². The largest absolute Gasteiger partial charge is 0.392 e. The van der Waals surface area contributed by atoms with Crippen molar-refractivity contribution in [2.45, 2.75) is 32.3 Å². The number of nitriles is 1. The minimum absolute atomic E-state index is 0.0526. The molecule has 17 heavy (non-hydrogen) atoms. The SMILES string of the molecule is CCN(CCC#N)C(=O)CN1CCCC(O)C1. The fourth-order valence-corrected chi connectivity index (χ4v) is 2.11. The standard InChI is InChI=1S/C12H21N3O2/c1-2-15(8-4-6-13)12(17)10-14-7-3-5-11(16)9-14/h11,16H,2-5,7-10H2,1H3. The van der Waals surface area contributed by atoms with Crippen LogP contribution in [0.2, 0.25) is 0 Å². The van der Waals surface area contributed by atoms with E-state index in [9.17, 15) is 9.90 Å². The molecule has 0 radical (unpaired) electrons. The lowest BCUT2D eigenvalue weighted by molar-refractivity contribution is -0.132. The molecular formula is C12H21N3O2. The number of likely N-dealkylation sites (tertiary alicyclic amines) is 1. The molecule has 1 heterocycles. The van der Waals surface area contributed by atoms with Crippen molar-refractivity contribution >= 4 is 5.91 Å². The van der Waals surface area contributed by atoms with E-state index in [0.717, 1.165) is 19.4 Å². The lowest BCUT2D eigenvalue weighted by Gasteiger charge is -2.31. The number of nitrogens with zero attached hydrogens (tertiary/aromatic N) is 3. The van der Waals surface area contributed by atoms with Crippen molar-refractivity contribution < 1.29 is 9.90 Å². The second kappa shape index (κ2) is 7.25. The summed E-state index contributed by atoms with van der Waals surface area (Å²) in [7, 11) is 0. The van der Waals surface area contributed by atoms with Crippen LogP contribution in [0, 0.1) is 11.3 Å². The molecule has 1 fully saturated rings. The zero-order valence-electron chi connectivity index (χ0n) is 10.4. The summed E-state index contributed by atoms with van der Waals surface area (Å²) in [6.07, 6.45) is 1.85. The van der Waals surface area contributed by atoms with Gasteiger partial charge in [0.2, 0.25) is 5.91 Å². The number of amides is 1. The molecule has 1 N–H and O–H groups in total. The van der Waals surface area contributed by atoms with Gasteiger partial charge in [-0.15, -0.1) is 0 Å². The van der Waals surface area contributed by atoms with Crippen molar-refractivity contribution in [3.63, 3.8) is 0 Å².